The Hall–Kier alpha value is -3.68. The Labute approximate surface area is 198 Å². The summed E-state index contributed by atoms with van der Waals surface area (Å²) in [7, 11) is 1.27. The number of aryl methyl sites for hydroxylation is 1. The first-order valence-corrected chi connectivity index (χ1v) is 11.6. The molecule has 2 N–H and O–H groups in total. The fraction of sp³-hybridized carbons (Fsp3) is 0.385. The van der Waals surface area contributed by atoms with Gasteiger partial charge in [-0.15, -0.1) is 0 Å². The number of esters is 1. The lowest BCUT2D eigenvalue weighted by Crippen LogP contribution is -2.35. The van der Waals surface area contributed by atoms with Crippen LogP contribution in [0.15, 0.2) is 58.1 Å². The third-order valence-electron chi connectivity index (χ3n) is 5.80. The molecule has 0 aliphatic heterocycles. The van der Waals surface area contributed by atoms with Gasteiger partial charge in [0.25, 0.3) is 5.56 Å². The summed E-state index contributed by atoms with van der Waals surface area (Å²) in [5, 5.41) is 3.36. The number of aromatic amines is 1. The van der Waals surface area contributed by atoms with E-state index in [1.165, 1.54) is 30.9 Å². The van der Waals surface area contributed by atoms with Crippen molar-refractivity contribution in [1.29, 1.82) is 0 Å². The SMILES string of the molecule is COC(=O)c1ccc2c(=O)n(CCCCCC(=O)N[C@H](C)CCc3ccccc3)c(=O)[nH]c2c1. The van der Waals surface area contributed by atoms with Crippen LogP contribution in [0.2, 0.25) is 0 Å². The molecular formula is C26H31N3O5. The van der Waals surface area contributed by atoms with Gasteiger partial charge in [0.15, 0.2) is 0 Å². The number of H-pyrrole nitrogens is 1. The number of carbonyl (C=O) groups is 2. The highest BCUT2D eigenvalue weighted by Crippen LogP contribution is 2.11. The molecule has 0 aliphatic carbocycles. The van der Waals surface area contributed by atoms with Crippen molar-refractivity contribution in [3.05, 3.63) is 80.5 Å². The van der Waals surface area contributed by atoms with Crippen molar-refractivity contribution in [2.45, 2.75) is 58.0 Å². The highest BCUT2D eigenvalue weighted by Gasteiger charge is 2.12. The van der Waals surface area contributed by atoms with Gasteiger partial charge < -0.3 is 15.0 Å². The molecule has 8 heteroatoms. The lowest BCUT2D eigenvalue weighted by molar-refractivity contribution is -0.121. The minimum absolute atomic E-state index is 0.0164. The predicted molar refractivity (Wildman–Crippen MR) is 131 cm³/mol. The minimum atomic E-state index is -0.540. The first-order chi connectivity index (χ1) is 16.4. The Morgan fingerprint density at radius 1 is 1.06 bits per heavy atom. The molecule has 0 saturated carbocycles. The van der Waals surface area contributed by atoms with Crippen LogP contribution >= 0.6 is 0 Å². The van der Waals surface area contributed by atoms with Crippen molar-refractivity contribution < 1.29 is 14.3 Å². The summed E-state index contributed by atoms with van der Waals surface area (Å²) < 4.78 is 5.83. The quantitative estimate of drug-likeness (QED) is 0.334. The van der Waals surface area contributed by atoms with Crippen LogP contribution in [0.4, 0.5) is 0 Å². The van der Waals surface area contributed by atoms with E-state index in [-0.39, 0.29) is 24.1 Å². The molecule has 2 aromatic carbocycles. The number of rotatable bonds is 11. The van der Waals surface area contributed by atoms with Gasteiger partial charge in [-0.1, -0.05) is 36.8 Å². The van der Waals surface area contributed by atoms with Crippen LogP contribution in [0.1, 0.15) is 54.9 Å². The van der Waals surface area contributed by atoms with Gasteiger partial charge in [-0.25, -0.2) is 9.59 Å². The molecule has 0 radical (unpaired) electrons. The summed E-state index contributed by atoms with van der Waals surface area (Å²) >= 11 is 0. The number of aromatic nitrogens is 2. The van der Waals surface area contributed by atoms with Gasteiger partial charge in [-0.3, -0.25) is 14.2 Å². The largest absolute Gasteiger partial charge is 0.465 e. The third kappa shape index (κ3) is 6.66. The van der Waals surface area contributed by atoms with Gasteiger partial charge in [-0.2, -0.15) is 0 Å². The van der Waals surface area contributed by atoms with Gasteiger partial charge in [-0.05, 0) is 56.4 Å². The molecule has 0 aliphatic rings. The van der Waals surface area contributed by atoms with Crippen LogP contribution in [-0.2, 0) is 22.5 Å². The summed E-state index contributed by atoms with van der Waals surface area (Å²) in [6.45, 7) is 2.27. The Bertz CT molecular complexity index is 1250. The van der Waals surface area contributed by atoms with Crippen LogP contribution in [0.3, 0.4) is 0 Å². The van der Waals surface area contributed by atoms with E-state index in [1.54, 1.807) is 0 Å². The van der Waals surface area contributed by atoms with Gasteiger partial charge >= 0.3 is 11.7 Å². The predicted octanol–water partition coefficient (Wildman–Crippen LogP) is 3.17. The number of unbranched alkanes of at least 4 members (excludes halogenated alkanes) is 2. The second kappa shape index (κ2) is 12.0. The van der Waals surface area contributed by atoms with E-state index >= 15 is 0 Å². The van der Waals surface area contributed by atoms with E-state index in [4.69, 9.17) is 0 Å². The Balaban J connectivity index is 1.44. The Morgan fingerprint density at radius 2 is 1.82 bits per heavy atom. The molecule has 3 rings (SSSR count). The molecule has 0 saturated heterocycles. The molecule has 8 nitrogen and oxygen atoms in total. The number of methoxy groups -OCH3 is 1. The van der Waals surface area contributed by atoms with E-state index in [9.17, 15) is 19.2 Å². The Kier molecular flexibility index (Phi) is 8.79. The van der Waals surface area contributed by atoms with Crippen molar-refractivity contribution in [3.63, 3.8) is 0 Å². The van der Waals surface area contributed by atoms with Crippen molar-refractivity contribution in [2.75, 3.05) is 7.11 Å². The molecule has 0 bridgehead atoms. The summed E-state index contributed by atoms with van der Waals surface area (Å²) in [5.74, 6) is -0.524. The van der Waals surface area contributed by atoms with Gasteiger partial charge in [0.05, 0.1) is 23.6 Å². The average Bonchev–Trinajstić information content (AvgIpc) is 2.84. The molecule has 1 atom stereocenters. The molecule has 0 fully saturated rings. The maximum atomic E-state index is 12.7. The summed E-state index contributed by atoms with van der Waals surface area (Å²) in [5.41, 5.74) is 0.888. The molecule has 1 heterocycles. The van der Waals surface area contributed by atoms with Crippen molar-refractivity contribution in [1.82, 2.24) is 14.9 Å². The van der Waals surface area contributed by atoms with E-state index in [1.807, 2.05) is 25.1 Å². The maximum absolute atomic E-state index is 12.7. The number of nitrogens with zero attached hydrogens (tertiary/aromatic N) is 1. The molecule has 1 amide bonds. The minimum Gasteiger partial charge on any atom is -0.465 e. The number of hydrogen-bond acceptors (Lipinski definition) is 5. The molecule has 3 aromatic rings. The lowest BCUT2D eigenvalue weighted by Gasteiger charge is -2.14. The molecule has 1 aromatic heterocycles. The zero-order valence-corrected chi connectivity index (χ0v) is 19.6. The third-order valence-corrected chi connectivity index (χ3v) is 5.80. The van der Waals surface area contributed by atoms with Gasteiger partial charge in [0.1, 0.15) is 0 Å². The molecule has 180 valence electrons. The molecule has 34 heavy (non-hydrogen) atoms. The smallest absolute Gasteiger partial charge is 0.337 e. The fourth-order valence-corrected chi connectivity index (χ4v) is 3.88. The van der Waals surface area contributed by atoms with Crippen molar-refractivity contribution >= 4 is 22.8 Å². The second-order valence-corrected chi connectivity index (χ2v) is 8.44. The lowest BCUT2D eigenvalue weighted by atomic mass is 10.1. The fourth-order valence-electron chi connectivity index (χ4n) is 3.88. The summed E-state index contributed by atoms with van der Waals surface area (Å²) in [4.78, 5) is 51.6. The number of benzene rings is 2. The first-order valence-electron chi connectivity index (χ1n) is 11.6. The normalized spacial score (nSPS) is 11.8. The highest BCUT2D eigenvalue weighted by atomic mass is 16.5. The topological polar surface area (TPSA) is 110 Å². The Morgan fingerprint density at radius 3 is 2.56 bits per heavy atom. The standard InChI is InChI=1S/C26H31N3O5/c1-18(12-13-19-9-5-3-6-10-19)27-23(30)11-7-4-8-16-29-24(31)21-15-14-20(25(32)34-2)17-22(21)28-26(29)33/h3,5-6,9-10,14-15,17-18H,4,7-8,11-13,16H2,1-2H3,(H,27,30)(H,28,33)/t18-/m1/s1. The zero-order chi connectivity index (χ0) is 24.5. The summed E-state index contributed by atoms with van der Waals surface area (Å²) in [6, 6.07) is 14.7. The van der Waals surface area contributed by atoms with Crippen LogP contribution in [0.5, 0.6) is 0 Å². The van der Waals surface area contributed by atoms with E-state index in [0.717, 1.165) is 23.8 Å². The van der Waals surface area contributed by atoms with Crippen LogP contribution < -0.4 is 16.6 Å². The van der Waals surface area contributed by atoms with Gasteiger partial charge in [0, 0.05) is 19.0 Å². The average molecular weight is 466 g/mol. The highest BCUT2D eigenvalue weighted by molar-refractivity contribution is 5.93. The van der Waals surface area contributed by atoms with Crippen molar-refractivity contribution in [2.24, 2.45) is 0 Å². The number of carbonyl (C=O) groups excluding carboxylic acids is 2. The summed E-state index contributed by atoms with van der Waals surface area (Å²) in [6.07, 6.45) is 4.21. The molecular weight excluding hydrogens is 434 g/mol. The van der Waals surface area contributed by atoms with Gasteiger partial charge in [0.2, 0.25) is 5.91 Å². The second-order valence-electron chi connectivity index (χ2n) is 8.44. The number of ether oxygens (including phenoxy) is 1. The molecule has 0 spiro atoms. The number of hydrogen-bond donors (Lipinski definition) is 2. The zero-order valence-electron chi connectivity index (χ0n) is 19.6. The number of amides is 1. The van der Waals surface area contributed by atoms with E-state index < -0.39 is 17.2 Å². The van der Waals surface area contributed by atoms with E-state index in [2.05, 4.69) is 27.2 Å². The van der Waals surface area contributed by atoms with Crippen molar-refractivity contribution in [3.8, 4) is 0 Å². The maximum Gasteiger partial charge on any atom is 0.337 e. The first kappa shape index (κ1) is 25.0. The number of fused-ring (bicyclic) bond motifs is 1. The monoisotopic (exact) mass is 465 g/mol. The van der Waals surface area contributed by atoms with Crippen LogP contribution in [0, 0.1) is 0 Å². The van der Waals surface area contributed by atoms with E-state index in [0.29, 0.717) is 30.2 Å². The molecule has 0 unspecified atom stereocenters. The van der Waals surface area contributed by atoms with Crippen LogP contribution in [0.25, 0.3) is 10.9 Å². The number of nitrogens with one attached hydrogen (secondary N) is 2. The van der Waals surface area contributed by atoms with Crippen LogP contribution in [-0.4, -0.2) is 34.6 Å².